The third-order valence-corrected chi connectivity index (χ3v) is 2.01. The van der Waals surface area contributed by atoms with Crippen molar-refractivity contribution in [3.8, 4) is 11.1 Å². The first-order valence-corrected chi connectivity index (χ1v) is 4.47. The van der Waals surface area contributed by atoms with E-state index in [4.69, 9.17) is 11.6 Å². The third-order valence-electron chi connectivity index (χ3n) is 1.82. The molecular weight excluding hydrogens is 222 g/mol. The first kappa shape index (κ1) is 9.98. The lowest BCUT2D eigenvalue weighted by atomic mass is 10.1. The maximum atomic E-state index is 12.9. The molecule has 0 spiro atoms. The molecule has 1 aromatic carbocycles. The van der Waals surface area contributed by atoms with Crippen molar-refractivity contribution in [2.75, 3.05) is 0 Å². The molecule has 0 atom stereocenters. The molecule has 76 valence electrons. The van der Waals surface area contributed by atoms with Crippen molar-refractivity contribution in [1.82, 2.24) is 10.2 Å². The molecule has 2 nitrogen and oxygen atoms in total. The summed E-state index contributed by atoms with van der Waals surface area (Å²) in [6.45, 7) is 0. The normalized spacial score (nSPS) is 10.3. The van der Waals surface area contributed by atoms with Gasteiger partial charge in [0.25, 0.3) is 0 Å². The van der Waals surface area contributed by atoms with Crippen molar-refractivity contribution >= 4 is 11.6 Å². The predicted molar refractivity (Wildman–Crippen MR) is 52.4 cm³/mol. The fourth-order valence-electron chi connectivity index (χ4n) is 1.22. The highest BCUT2D eigenvalue weighted by molar-refractivity contribution is 6.29. The largest absolute Gasteiger partial charge is 0.207 e. The van der Waals surface area contributed by atoms with Crippen molar-refractivity contribution in [1.29, 1.82) is 0 Å². The van der Waals surface area contributed by atoms with Crippen LogP contribution in [0.25, 0.3) is 11.1 Å². The van der Waals surface area contributed by atoms with Crippen molar-refractivity contribution in [2.24, 2.45) is 0 Å². The van der Waals surface area contributed by atoms with Crippen LogP contribution >= 0.6 is 11.6 Å². The van der Waals surface area contributed by atoms with E-state index < -0.39 is 11.6 Å². The fourth-order valence-corrected chi connectivity index (χ4v) is 1.38. The minimum Gasteiger partial charge on any atom is -0.207 e. The Bertz CT molecular complexity index is 482. The van der Waals surface area contributed by atoms with Gasteiger partial charge >= 0.3 is 0 Å². The maximum Gasteiger partial charge on any atom is 0.152 e. The van der Waals surface area contributed by atoms with E-state index in [0.717, 1.165) is 6.07 Å². The zero-order chi connectivity index (χ0) is 10.8. The second-order valence-corrected chi connectivity index (χ2v) is 3.31. The topological polar surface area (TPSA) is 25.8 Å². The van der Waals surface area contributed by atoms with Crippen LogP contribution in [0.3, 0.4) is 0 Å². The number of aromatic nitrogens is 2. The van der Waals surface area contributed by atoms with Gasteiger partial charge in [0.2, 0.25) is 0 Å². The Labute approximate surface area is 89.5 Å². The number of rotatable bonds is 1. The van der Waals surface area contributed by atoms with E-state index in [1.165, 1.54) is 24.4 Å². The first-order chi connectivity index (χ1) is 7.15. The van der Waals surface area contributed by atoms with Gasteiger partial charge in [0.05, 0.1) is 6.20 Å². The third kappa shape index (κ3) is 2.27. The average Bonchev–Trinajstić information content (AvgIpc) is 2.16. The van der Waals surface area contributed by atoms with Crippen LogP contribution in [0.1, 0.15) is 0 Å². The molecular formula is C10H5ClF2N2. The molecule has 0 aliphatic rings. The molecule has 0 radical (unpaired) electrons. The van der Waals surface area contributed by atoms with E-state index in [2.05, 4.69) is 10.2 Å². The highest BCUT2D eigenvalue weighted by atomic mass is 35.5. The van der Waals surface area contributed by atoms with Gasteiger partial charge in [-0.05, 0) is 23.8 Å². The van der Waals surface area contributed by atoms with E-state index in [9.17, 15) is 8.78 Å². The van der Waals surface area contributed by atoms with E-state index >= 15 is 0 Å². The Morgan fingerprint density at radius 1 is 0.933 bits per heavy atom. The summed E-state index contributed by atoms with van der Waals surface area (Å²) < 4.78 is 25.8. The van der Waals surface area contributed by atoms with Crippen LogP contribution in [-0.2, 0) is 0 Å². The molecule has 0 saturated carbocycles. The Kier molecular flexibility index (Phi) is 2.60. The molecule has 0 aliphatic heterocycles. The molecule has 0 N–H and O–H groups in total. The number of nitrogens with zero attached hydrogens (tertiary/aromatic N) is 2. The number of hydrogen-bond donors (Lipinski definition) is 0. The molecule has 0 saturated heterocycles. The van der Waals surface area contributed by atoms with Crippen LogP contribution in [-0.4, -0.2) is 10.2 Å². The van der Waals surface area contributed by atoms with Crippen LogP contribution in [0.2, 0.25) is 5.15 Å². The summed E-state index contributed by atoms with van der Waals surface area (Å²) in [4.78, 5) is 0. The van der Waals surface area contributed by atoms with Crippen molar-refractivity contribution in [3.05, 3.63) is 47.2 Å². The Balaban J connectivity index is 2.54. The van der Waals surface area contributed by atoms with Crippen molar-refractivity contribution < 1.29 is 8.78 Å². The van der Waals surface area contributed by atoms with Crippen LogP contribution in [0, 0.1) is 11.6 Å². The van der Waals surface area contributed by atoms with Crippen LogP contribution in [0.4, 0.5) is 8.78 Å². The summed E-state index contributed by atoms with van der Waals surface area (Å²) in [6, 6.07) is 4.70. The fraction of sp³-hybridized carbons (Fsp3) is 0. The van der Waals surface area contributed by atoms with Gasteiger partial charge in [0.1, 0.15) is 11.6 Å². The average molecular weight is 227 g/mol. The minimum atomic E-state index is -0.641. The Hall–Kier alpha value is -1.55. The van der Waals surface area contributed by atoms with Gasteiger partial charge in [-0.25, -0.2) is 8.78 Å². The molecule has 1 heterocycles. The lowest BCUT2D eigenvalue weighted by Crippen LogP contribution is -1.87. The van der Waals surface area contributed by atoms with E-state index in [1.54, 1.807) is 0 Å². The number of halogens is 3. The van der Waals surface area contributed by atoms with Crippen LogP contribution < -0.4 is 0 Å². The summed E-state index contributed by atoms with van der Waals surface area (Å²) in [5.74, 6) is -1.28. The maximum absolute atomic E-state index is 12.9. The molecule has 5 heteroatoms. The SMILES string of the molecule is Fc1cc(F)cc(-c2cnnc(Cl)c2)c1. The summed E-state index contributed by atoms with van der Waals surface area (Å²) >= 11 is 5.61. The summed E-state index contributed by atoms with van der Waals surface area (Å²) in [5, 5.41) is 7.31. The molecule has 0 fully saturated rings. The molecule has 0 bridgehead atoms. The lowest BCUT2D eigenvalue weighted by Gasteiger charge is -2.01. The van der Waals surface area contributed by atoms with Gasteiger partial charge in [0, 0.05) is 11.6 Å². The minimum absolute atomic E-state index is 0.178. The highest BCUT2D eigenvalue weighted by Gasteiger charge is 2.04. The van der Waals surface area contributed by atoms with Crippen molar-refractivity contribution in [2.45, 2.75) is 0 Å². The van der Waals surface area contributed by atoms with E-state index in [-0.39, 0.29) is 5.15 Å². The standard InChI is InChI=1S/C10H5ClF2N2/c11-10-3-7(5-14-15-10)6-1-8(12)4-9(13)2-6/h1-5H. The molecule has 15 heavy (non-hydrogen) atoms. The smallest absolute Gasteiger partial charge is 0.152 e. The van der Waals surface area contributed by atoms with Gasteiger partial charge < -0.3 is 0 Å². The monoisotopic (exact) mass is 226 g/mol. The zero-order valence-electron chi connectivity index (χ0n) is 7.42. The van der Waals surface area contributed by atoms with Crippen LogP contribution in [0.15, 0.2) is 30.5 Å². The first-order valence-electron chi connectivity index (χ1n) is 4.10. The number of benzene rings is 1. The van der Waals surface area contributed by atoms with Gasteiger partial charge in [-0.2, -0.15) is 5.10 Å². The number of hydrogen-bond acceptors (Lipinski definition) is 2. The van der Waals surface area contributed by atoms with E-state index in [0.29, 0.717) is 11.1 Å². The highest BCUT2D eigenvalue weighted by Crippen LogP contribution is 2.22. The molecule has 0 aliphatic carbocycles. The molecule has 2 rings (SSSR count). The van der Waals surface area contributed by atoms with Gasteiger partial charge in [-0.15, -0.1) is 5.10 Å². The quantitative estimate of drug-likeness (QED) is 0.747. The molecule has 1 aromatic heterocycles. The molecule has 0 amide bonds. The van der Waals surface area contributed by atoms with Gasteiger partial charge in [0.15, 0.2) is 5.15 Å². The Morgan fingerprint density at radius 2 is 1.60 bits per heavy atom. The van der Waals surface area contributed by atoms with Gasteiger partial charge in [-0.1, -0.05) is 11.6 Å². The molecule has 0 unspecified atom stereocenters. The molecule has 2 aromatic rings. The van der Waals surface area contributed by atoms with Crippen molar-refractivity contribution in [3.63, 3.8) is 0 Å². The summed E-state index contributed by atoms with van der Waals surface area (Å²) in [7, 11) is 0. The Morgan fingerprint density at radius 3 is 2.20 bits per heavy atom. The predicted octanol–water partition coefficient (Wildman–Crippen LogP) is 3.08. The summed E-state index contributed by atoms with van der Waals surface area (Å²) in [5.41, 5.74) is 0.901. The second-order valence-electron chi connectivity index (χ2n) is 2.93. The summed E-state index contributed by atoms with van der Waals surface area (Å²) in [6.07, 6.45) is 1.39. The lowest BCUT2D eigenvalue weighted by molar-refractivity contribution is 0.584. The van der Waals surface area contributed by atoms with Gasteiger partial charge in [-0.3, -0.25) is 0 Å². The zero-order valence-corrected chi connectivity index (χ0v) is 8.17. The van der Waals surface area contributed by atoms with E-state index in [1.807, 2.05) is 0 Å². The second kappa shape index (κ2) is 3.90. The van der Waals surface area contributed by atoms with Crippen LogP contribution in [0.5, 0.6) is 0 Å².